The Hall–Kier alpha value is -0.740. The van der Waals surface area contributed by atoms with Gasteiger partial charge in [0.15, 0.2) is 0 Å². The fraction of sp³-hybridized carbons (Fsp3) is 0.500. The van der Waals surface area contributed by atoms with Gasteiger partial charge in [-0.25, -0.2) is 0 Å². The van der Waals surface area contributed by atoms with Crippen molar-refractivity contribution in [1.82, 2.24) is 0 Å². The number of benzene rings is 1. The molecule has 1 aromatic rings. The van der Waals surface area contributed by atoms with Crippen molar-refractivity contribution in [2.75, 3.05) is 19.5 Å². The molecule has 0 aliphatic rings. The second kappa shape index (κ2) is 6.11. The van der Waals surface area contributed by atoms with Crippen molar-refractivity contribution < 1.29 is 9.47 Å². The molecular weight excluding hydrogens is 270 g/mol. The van der Waals surface area contributed by atoms with E-state index in [0.29, 0.717) is 0 Å². The lowest BCUT2D eigenvalue weighted by molar-refractivity contribution is 0.106. The third-order valence-electron chi connectivity index (χ3n) is 2.62. The average Bonchev–Trinajstić information content (AvgIpc) is 2.30. The maximum Gasteiger partial charge on any atom is 0.135 e. The van der Waals surface area contributed by atoms with Crippen LogP contribution in [-0.2, 0) is 4.74 Å². The highest BCUT2D eigenvalue weighted by atomic mass is 79.9. The lowest BCUT2D eigenvalue weighted by Gasteiger charge is -2.21. The molecule has 90 valence electrons. The first kappa shape index (κ1) is 13.3. The Kier molecular flexibility index (Phi) is 5.09. The highest BCUT2D eigenvalue weighted by Crippen LogP contribution is 2.28. The summed E-state index contributed by atoms with van der Waals surface area (Å²) in [5.41, 5.74) is 1.02. The maximum absolute atomic E-state index is 5.26. The smallest absolute Gasteiger partial charge is 0.135 e. The van der Waals surface area contributed by atoms with E-state index in [0.717, 1.165) is 15.9 Å². The Morgan fingerprint density at radius 3 is 2.50 bits per heavy atom. The SMILES string of the molecule is COc1cc(NC(C)C(C)OC)ccc1Br. The molecule has 2 unspecified atom stereocenters. The van der Waals surface area contributed by atoms with E-state index in [-0.39, 0.29) is 12.1 Å². The monoisotopic (exact) mass is 287 g/mol. The number of methoxy groups -OCH3 is 2. The van der Waals surface area contributed by atoms with Crippen LogP contribution in [0.3, 0.4) is 0 Å². The van der Waals surface area contributed by atoms with Crippen molar-refractivity contribution in [2.24, 2.45) is 0 Å². The quantitative estimate of drug-likeness (QED) is 0.901. The highest BCUT2D eigenvalue weighted by molar-refractivity contribution is 9.10. The molecule has 0 bridgehead atoms. The van der Waals surface area contributed by atoms with Crippen LogP contribution in [0.4, 0.5) is 5.69 Å². The van der Waals surface area contributed by atoms with E-state index in [1.54, 1.807) is 14.2 Å². The van der Waals surface area contributed by atoms with Gasteiger partial charge in [0, 0.05) is 24.9 Å². The molecule has 16 heavy (non-hydrogen) atoms. The second-order valence-electron chi connectivity index (χ2n) is 3.72. The van der Waals surface area contributed by atoms with E-state index in [2.05, 4.69) is 28.2 Å². The molecule has 0 saturated carbocycles. The molecule has 2 atom stereocenters. The summed E-state index contributed by atoms with van der Waals surface area (Å²) in [4.78, 5) is 0. The topological polar surface area (TPSA) is 30.5 Å². The third-order valence-corrected chi connectivity index (χ3v) is 3.28. The first-order chi connectivity index (χ1) is 7.58. The van der Waals surface area contributed by atoms with Crippen LogP contribution in [0.25, 0.3) is 0 Å². The van der Waals surface area contributed by atoms with E-state index in [4.69, 9.17) is 9.47 Å². The molecule has 0 aliphatic heterocycles. The molecule has 0 amide bonds. The first-order valence-electron chi connectivity index (χ1n) is 5.21. The zero-order chi connectivity index (χ0) is 12.1. The van der Waals surface area contributed by atoms with Gasteiger partial charge in [-0.2, -0.15) is 0 Å². The van der Waals surface area contributed by atoms with Gasteiger partial charge < -0.3 is 14.8 Å². The van der Waals surface area contributed by atoms with Gasteiger partial charge in [-0.1, -0.05) is 0 Å². The standard InChI is InChI=1S/C12H18BrNO2/c1-8(9(2)15-3)14-10-5-6-11(13)12(7-10)16-4/h5-9,14H,1-4H3. The van der Waals surface area contributed by atoms with Gasteiger partial charge in [0.1, 0.15) is 5.75 Å². The fourth-order valence-corrected chi connectivity index (χ4v) is 1.74. The number of anilines is 1. The van der Waals surface area contributed by atoms with Gasteiger partial charge in [0.05, 0.1) is 17.7 Å². The molecular formula is C12H18BrNO2. The van der Waals surface area contributed by atoms with Crippen molar-refractivity contribution in [3.8, 4) is 5.75 Å². The zero-order valence-corrected chi connectivity index (χ0v) is 11.7. The Morgan fingerprint density at radius 2 is 1.94 bits per heavy atom. The molecule has 0 radical (unpaired) electrons. The minimum Gasteiger partial charge on any atom is -0.495 e. The molecule has 1 N–H and O–H groups in total. The van der Waals surface area contributed by atoms with Crippen molar-refractivity contribution in [2.45, 2.75) is 26.0 Å². The number of rotatable bonds is 5. The van der Waals surface area contributed by atoms with Gasteiger partial charge in [-0.05, 0) is 41.9 Å². The van der Waals surface area contributed by atoms with Crippen LogP contribution in [0.1, 0.15) is 13.8 Å². The predicted molar refractivity (Wildman–Crippen MR) is 70.2 cm³/mol. The number of hydrogen-bond donors (Lipinski definition) is 1. The van der Waals surface area contributed by atoms with Crippen molar-refractivity contribution in [3.63, 3.8) is 0 Å². The number of halogens is 1. The molecule has 0 spiro atoms. The summed E-state index contributed by atoms with van der Waals surface area (Å²) in [6.45, 7) is 4.12. The molecule has 0 heterocycles. The third kappa shape index (κ3) is 3.39. The Labute approximate surface area is 105 Å². The van der Waals surface area contributed by atoms with E-state index in [1.165, 1.54) is 0 Å². The molecule has 1 aromatic carbocycles. The number of nitrogens with one attached hydrogen (secondary N) is 1. The van der Waals surface area contributed by atoms with E-state index < -0.39 is 0 Å². The van der Waals surface area contributed by atoms with Crippen LogP contribution in [-0.4, -0.2) is 26.4 Å². The van der Waals surface area contributed by atoms with Gasteiger partial charge >= 0.3 is 0 Å². The molecule has 0 aliphatic carbocycles. The zero-order valence-electron chi connectivity index (χ0n) is 10.1. The summed E-state index contributed by atoms with van der Waals surface area (Å²) >= 11 is 3.42. The average molecular weight is 288 g/mol. The minimum absolute atomic E-state index is 0.162. The summed E-state index contributed by atoms with van der Waals surface area (Å²) < 4.78 is 11.4. The summed E-state index contributed by atoms with van der Waals surface area (Å²) in [6.07, 6.45) is 0.162. The molecule has 0 saturated heterocycles. The first-order valence-corrected chi connectivity index (χ1v) is 6.00. The van der Waals surface area contributed by atoms with Gasteiger partial charge in [0.2, 0.25) is 0 Å². The lowest BCUT2D eigenvalue weighted by Crippen LogP contribution is -2.29. The number of ether oxygens (including phenoxy) is 2. The molecule has 0 fully saturated rings. The maximum atomic E-state index is 5.26. The molecule has 4 heteroatoms. The van der Waals surface area contributed by atoms with Crippen LogP contribution in [0.2, 0.25) is 0 Å². The largest absolute Gasteiger partial charge is 0.495 e. The van der Waals surface area contributed by atoms with Gasteiger partial charge in [-0.15, -0.1) is 0 Å². The van der Waals surface area contributed by atoms with Gasteiger partial charge in [0.25, 0.3) is 0 Å². The van der Waals surface area contributed by atoms with Crippen LogP contribution in [0.15, 0.2) is 22.7 Å². The Balaban J connectivity index is 2.74. The second-order valence-corrected chi connectivity index (χ2v) is 4.58. The van der Waals surface area contributed by atoms with Crippen molar-refractivity contribution in [3.05, 3.63) is 22.7 Å². The van der Waals surface area contributed by atoms with Gasteiger partial charge in [-0.3, -0.25) is 0 Å². The van der Waals surface area contributed by atoms with E-state index in [1.807, 2.05) is 25.1 Å². The molecule has 3 nitrogen and oxygen atoms in total. The van der Waals surface area contributed by atoms with Crippen LogP contribution in [0, 0.1) is 0 Å². The Morgan fingerprint density at radius 1 is 1.25 bits per heavy atom. The fourth-order valence-electron chi connectivity index (χ4n) is 1.33. The summed E-state index contributed by atoms with van der Waals surface area (Å²) in [5, 5.41) is 3.37. The summed E-state index contributed by atoms with van der Waals surface area (Å²) in [5.74, 6) is 0.822. The van der Waals surface area contributed by atoms with Crippen LogP contribution >= 0.6 is 15.9 Å². The van der Waals surface area contributed by atoms with E-state index in [9.17, 15) is 0 Å². The summed E-state index contributed by atoms with van der Waals surface area (Å²) in [6, 6.07) is 6.18. The highest BCUT2D eigenvalue weighted by Gasteiger charge is 2.11. The lowest BCUT2D eigenvalue weighted by atomic mass is 10.2. The molecule has 0 aromatic heterocycles. The molecule has 1 rings (SSSR count). The van der Waals surface area contributed by atoms with Crippen molar-refractivity contribution in [1.29, 1.82) is 0 Å². The van der Waals surface area contributed by atoms with Crippen LogP contribution < -0.4 is 10.1 Å². The number of hydrogen-bond acceptors (Lipinski definition) is 3. The normalized spacial score (nSPS) is 14.3. The predicted octanol–water partition coefficient (Wildman–Crippen LogP) is 3.29. The summed E-state index contributed by atoms with van der Waals surface area (Å²) in [7, 11) is 3.37. The van der Waals surface area contributed by atoms with E-state index >= 15 is 0 Å². The minimum atomic E-state index is 0.162. The van der Waals surface area contributed by atoms with Crippen molar-refractivity contribution >= 4 is 21.6 Å². The Bertz CT molecular complexity index is 344. The van der Waals surface area contributed by atoms with Crippen LogP contribution in [0.5, 0.6) is 5.75 Å².